The molecule has 0 atom stereocenters. The van der Waals surface area contributed by atoms with Crippen molar-refractivity contribution in [3.8, 4) is 5.88 Å². The van der Waals surface area contributed by atoms with Gasteiger partial charge in [-0.15, -0.1) is 0 Å². The van der Waals surface area contributed by atoms with E-state index in [9.17, 15) is 14.7 Å². The first-order chi connectivity index (χ1) is 8.15. The van der Waals surface area contributed by atoms with E-state index in [2.05, 4.69) is 4.98 Å². The summed E-state index contributed by atoms with van der Waals surface area (Å²) in [7, 11) is 0. The number of aromatic hydroxyl groups is 1. The average Bonchev–Trinajstić information content (AvgIpc) is 2.30. The summed E-state index contributed by atoms with van der Waals surface area (Å²) in [5.41, 5.74) is -0.929. The van der Waals surface area contributed by atoms with E-state index >= 15 is 0 Å². The fourth-order valence-electron chi connectivity index (χ4n) is 1.89. The standard InChI is InChI=1S/C10H15N3O4/c1-2-7-8(14)11-10(16)13(9(7)15)12-3-5-17-6-4-12/h15H,2-6H2,1H3,(H,11,14,16). The number of nitrogens with zero attached hydrogens (tertiary/aromatic N) is 2. The van der Waals surface area contributed by atoms with Gasteiger partial charge >= 0.3 is 5.69 Å². The van der Waals surface area contributed by atoms with Gasteiger partial charge in [-0.2, -0.15) is 4.68 Å². The van der Waals surface area contributed by atoms with Crippen LogP contribution in [0.3, 0.4) is 0 Å². The van der Waals surface area contributed by atoms with Gasteiger partial charge in [-0.25, -0.2) is 4.79 Å². The van der Waals surface area contributed by atoms with Crippen LogP contribution >= 0.6 is 0 Å². The van der Waals surface area contributed by atoms with Crippen molar-refractivity contribution in [3.63, 3.8) is 0 Å². The Bertz CT molecular complexity index is 513. The second-order valence-corrected chi connectivity index (χ2v) is 3.79. The zero-order valence-corrected chi connectivity index (χ0v) is 9.60. The molecule has 0 aliphatic carbocycles. The lowest BCUT2D eigenvalue weighted by atomic mass is 10.2. The molecule has 7 nitrogen and oxygen atoms in total. The van der Waals surface area contributed by atoms with Crippen molar-refractivity contribution < 1.29 is 9.84 Å². The van der Waals surface area contributed by atoms with Gasteiger partial charge in [-0.1, -0.05) is 6.92 Å². The highest BCUT2D eigenvalue weighted by Crippen LogP contribution is 2.11. The number of H-pyrrole nitrogens is 1. The predicted octanol–water partition coefficient (Wildman–Crippen LogP) is -1.23. The Morgan fingerprint density at radius 1 is 1.35 bits per heavy atom. The van der Waals surface area contributed by atoms with Crippen LogP contribution in [0.4, 0.5) is 0 Å². The molecule has 94 valence electrons. The summed E-state index contributed by atoms with van der Waals surface area (Å²) in [5.74, 6) is -0.275. The normalized spacial score (nSPS) is 16.2. The van der Waals surface area contributed by atoms with Crippen LogP contribution in [-0.4, -0.2) is 41.1 Å². The Morgan fingerprint density at radius 2 is 2.00 bits per heavy atom. The Hall–Kier alpha value is -1.76. The molecule has 1 saturated heterocycles. The number of rotatable bonds is 2. The van der Waals surface area contributed by atoms with Crippen molar-refractivity contribution in [2.75, 3.05) is 31.3 Å². The molecule has 0 bridgehead atoms. The minimum atomic E-state index is -0.619. The molecule has 0 radical (unpaired) electrons. The minimum Gasteiger partial charge on any atom is -0.493 e. The third-order valence-corrected chi connectivity index (χ3v) is 2.78. The molecular formula is C10H15N3O4. The van der Waals surface area contributed by atoms with Crippen molar-refractivity contribution >= 4 is 0 Å². The molecule has 1 fully saturated rings. The lowest BCUT2D eigenvalue weighted by molar-refractivity contribution is 0.108. The van der Waals surface area contributed by atoms with Crippen LogP contribution in [0, 0.1) is 0 Å². The third-order valence-electron chi connectivity index (χ3n) is 2.78. The highest BCUT2D eigenvalue weighted by Gasteiger charge is 2.19. The van der Waals surface area contributed by atoms with Crippen LogP contribution in [0.25, 0.3) is 0 Å². The first-order valence-corrected chi connectivity index (χ1v) is 5.55. The van der Waals surface area contributed by atoms with E-state index in [0.717, 1.165) is 4.68 Å². The zero-order valence-electron chi connectivity index (χ0n) is 9.60. The van der Waals surface area contributed by atoms with Crippen LogP contribution in [0.15, 0.2) is 9.59 Å². The molecule has 0 unspecified atom stereocenters. The van der Waals surface area contributed by atoms with E-state index < -0.39 is 11.2 Å². The minimum absolute atomic E-state index is 0.219. The van der Waals surface area contributed by atoms with E-state index in [0.29, 0.717) is 32.7 Å². The molecule has 0 aromatic carbocycles. The van der Waals surface area contributed by atoms with E-state index in [1.807, 2.05) is 0 Å². The summed E-state index contributed by atoms with van der Waals surface area (Å²) in [5, 5.41) is 11.6. The maximum Gasteiger partial charge on any atom is 0.350 e. The van der Waals surface area contributed by atoms with Crippen LogP contribution in [0.1, 0.15) is 12.5 Å². The van der Waals surface area contributed by atoms with E-state index in [1.54, 1.807) is 11.9 Å². The number of morpholine rings is 1. The molecule has 1 aromatic rings. The average molecular weight is 241 g/mol. The van der Waals surface area contributed by atoms with Crippen LogP contribution < -0.4 is 16.3 Å². The predicted molar refractivity (Wildman–Crippen MR) is 61.1 cm³/mol. The molecule has 2 N–H and O–H groups in total. The molecule has 0 saturated carbocycles. The summed E-state index contributed by atoms with van der Waals surface area (Å²) in [6.45, 7) is 3.74. The number of hydrogen-bond donors (Lipinski definition) is 2. The molecule has 1 aliphatic heterocycles. The van der Waals surface area contributed by atoms with Gasteiger partial charge in [0, 0.05) is 0 Å². The summed E-state index contributed by atoms with van der Waals surface area (Å²) >= 11 is 0. The van der Waals surface area contributed by atoms with Crippen LogP contribution in [-0.2, 0) is 11.2 Å². The van der Waals surface area contributed by atoms with Gasteiger partial charge in [-0.05, 0) is 6.42 Å². The van der Waals surface area contributed by atoms with Crippen LogP contribution in [0.5, 0.6) is 5.88 Å². The van der Waals surface area contributed by atoms with Gasteiger partial charge in [0.2, 0.25) is 5.88 Å². The quantitative estimate of drug-likeness (QED) is 0.677. The molecule has 7 heteroatoms. The lowest BCUT2D eigenvalue weighted by Gasteiger charge is -2.30. The fraction of sp³-hybridized carbons (Fsp3) is 0.600. The molecule has 17 heavy (non-hydrogen) atoms. The molecule has 2 heterocycles. The van der Waals surface area contributed by atoms with Gasteiger partial charge in [0.25, 0.3) is 5.56 Å². The fourth-order valence-corrected chi connectivity index (χ4v) is 1.89. The van der Waals surface area contributed by atoms with Crippen molar-refractivity contribution in [2.24, 2.45) is 0 Å². The van der Waals surface area contributed by atoms with Gasteiger partial charge in [0.05, 0.1) is 31.9 Å². The first kappa shape index (κ1) is 11.7. The smallest absolute Gasteiger partial charge is 0.350 e. The molecular weight excluding hydrogens is 226 g/mol. The zero-order chi connectivity index (χ0) is 12.4. The van der Waals surface area contributed by atoms with Gasteiger partial charge < -0.3 is 14.9 Å². The highest BCUT2D eigenvalue weighted by molar-refractivity contribution is 5.24. The summed E-state index contributed by atoms with van der Waals surface area (Å²) in [4.78, 5) is 25.4. The molecule has 1 aromatic heterocycles. The number of aromatic nitrogens is 2. The van der Waals surface area contributed by atoms with E-state index in [1.165, 1.54) is 0 Å². The molecule has 0 spiro atoms. The van der Waals surface area contributed by atoms with Crippen molar-refractivity contribution in [1.82, 2.24) is 9.66 Å². The van der Waals surface area contributed by atoms with Gasteiger partial charge in [0.1, 0.15) is 0 Å². The van der Waals surface area contributed by atoms with Gasteiger partial charge in [-0.3, -0.25) is 9.78 Å². The second kappa shape index (κ2) is 4.62. The first-order valence-electron chi connectivity index (χ1n) is 5.55. The number of nitrogens with one attached hydrogen (secondary N) is 1. The third kappa shape index (κ3) is 2.05. The highest BCUT2D eigenvalue weighted by atomic mass is 16.5. The van der Waals surface area contributed by atoms with Crippen molar-refractivity contribution in [2.45, 2.75) is 13.3 Å². The van der Waals surface area contributed by atoms with E-state index in [4.69, 9.17) is 4.74 Å². The number of aromatic amines is 1. The Labute approximate surface area is 97.2 Å². The lowest BCUT2D eigenvalue weighted by Crippen LogP contribution is -2.50. The number of hydrogen-bond acceptors (Lipinski definition) is 5. The molecule has 1 aliphatic rings. The Balaban J connectivity index is 2.52. The molecule has 2 rings (SSSR count). The summed E-state index contributed by atoms with van der Waals surface area (Å²) in [6, 6.07) is 0. The summed E-state index contributed by atoms with van der Waals surface area (Å²) in [6.07, 6.45) is 0.367. The Kier molecular flexibility index (Phi) is 3.19. The molecule has 0 amide bonds. The maximum atomic E-state index is 11.7. The van der Waals surface area contributed by atoms with Crippen LogP contribution in [0.2, 0.25) is 0 Å². The van der Waals surface area contributed by atoms with Crippen molar-refractivity contribution in [3.05, 3.63) is 26.4 Å². The topological polar surface area (TPSA) is 87.6 Å². The summed E-state index contributed by atoms with van der Waals surface area (Å²) < 4.78 is 6.28. The maximum absolute atomic E-state index is 11.7. The SMILES string of the molecule is CCc1c(O)n(N2CCOCC2)c(=O)[nH]c1=O. The Morgan fingerprint density at radius 3 is 2.59 bits per heavy atom. The number of ether oxygens (including phenoxy) is 1. The van der Waals surface area contributed by atoms with Crippen molar-refractivity contribution in [1.29, 1.82) is 0 Å². The van der Waals surface area contributed by atoms with Gasteiger partial charge in [0.15, 0.2) is 0 Å². The van der Waals surface area contributed by atoms with E-state index in [-0.39, 0.29) is 11.4 Å². The monoisotopic (exact) mass is 241 g/mol. The largest absolute Gasteiger partial charge is 0.493 e. The second-order valence-electron chi connectivity index (χ2n) is 3.79.